The van der Waals surface area contributed by atoms with E-state index in [1.165, 1.54) is 0 Å². The van der Waals surface area contributed by atoms with Crippen LogP contribution >= 0.6 is 0 Å². The van der Waals surface area contributed by atoms with Crippen molar-refractivity contribution in [1.82, 2.24) is 10.2 Å². The molecule has 2 saturated heterocycles. The standard InChI is InChI=1S/C7H15N3O2S/c8-13(11,12)7-6-2-1-4-10(6)5-3-9-7/h6-7,9H,1-5H2,(H2,8,11,12). The maximum Gasteiger partial charge on any atom is 0.226 e. The highest BCUT2D eigenvalue weighted by Crippen LogP contribution is 2.23. The molecular formula is C7H15N3O2S. The molecule has 5 nitrogen and oxygen atoms in total. The summed E-state index contributed by atoms with van der Waals surface area (Å²) in [5.74, 6) is 0. The Balaban J connectivity index is 2.19. The van der Waals surface area contributed by atoms with Crippen molar-refractivity contribution in [2.45, 2.75) is 24.3 Å². The third-order valence-electron chi connectivity index (χ3n) is 2.86. The van der Waals surface area contributed by atoms with Gasteiger partial charge in [0, 0.05) is 19.1 Å². The minimum atomic E-state index is -3.43. The van der Waals surface area contributed by atoms with Gasteiger partial charge in [-0.15, -0.1) is 0 Å². The van der Waals surface area contributed by atoms with Gasteiger partial charge in [0.25, 0.3) is 0 Å². The molecular weight excluding hydrogens is 190 g/mol. The molecule has 13 heavy (non-hydrogen) atoms. The summed E-state index contributed by atoms with van der Waals surface area (Å²) in [6, 6.07) is 0.101. The smallest absolute Gasteiger partial charge is 0.226 e. The van der Waals surface area contributed by atoms with E-state index in [-0.39, 0.29) is 6.04 Å². The number of primary sulfonamides is 1. The SMILES string of the molecule is NS(=O)(=O)C1NCCN2CCCC12. The van der Waals surface area contributed by atoms with E-state index in [9.17, 15) is 8.42 Å². The summed E-state index contributed by atoms with van der Waals surface area (Å²) >= 11 is 0. The van der Waals surface area contributed by atoms with Crippen molar-refractivity contribution in [3.8, 4) is 0 Å². The molecule has 0 aliphatic carbocycles. The van der Waals surface area contributed by atoms with Crippen molar-refractivity contribution in [2.75, 3.05) is 19.6 Å². The van der Waals surface area contributed by atoms with Gasteiger partial charge in [0.1, 0.15) is 5.37 Å². The van der Waals surface area contributed by atoms with Gasteiger partial charge < -0.3 is 0 Å². The van der Waals surface area contributed by atoms with Crippen molar-refractivity contribution >= 4 is 10.0 Å². The Bertz CT molecular complexity index is 290. The largest absolute Gasteiger partial charge is 0.297 e. The van der Waals surface area contributed by atoms with Crippen molar-refractivity contribution < 1.29 is 8.42 Å². The third-order valence-corrected chi connectivity index (χ3v) is 4.05. The van der Waals surface area contributed by atoms with Gasteiger partial charge in [0.15, 0.2) is 0 Å². The molecule has 3 N–H and O–H groups in total. The lowest BCUT2D eigenvalue weighted by Crippen LogP contribution is -2.59. The molecule has 0 aromatic heterocycles. The molecule has 0 spiro atoms. The number of nitrogens with zero attached hydrogens (tertiary/aromatic N) is 1. The first-order valence-electron chi connectivity index (χ1n) is 4.58. The zero-order valence-corrected chi connectivity index (χ0v) is 8.26. The molecule has 0 saturated carbocycles. The molecule has 2 aliphatic heterocycles. The quantitative estimate of drug-likeness (QED) is 0.556. The van der Waals surface area contributed by atoms with Gasteiger partial charge in [-0.2, -0.15) is 0 Å². The first-order chi connectivity index (χ1) is 6.09. The predicted molar refractivity (Wildman–Crippen MR) is 49.5 cm³/mol. The maximum atomic E-state index is 11.2. The molecule has 0 aromatic carbocycles. The molecule has 0 amide bonds. The Morgan fingerprint density at radius 1 is 1.38 bits per heavy atom. The third kappa shape index (κ3) is 1.71. The molecule has 0 aromatic rings. The Morgan fingerprint density at radius 3 is 2.85 bits per heavy atom. The number of nitrogens with two attached hydrogens (primary N) is 1. The number of hydrogen-bond acceptors (Lipinski definition) is 4. The highest BCUT2D eigenvalue weighted by molar-refractivity contribution is 7.89. The Morgan fingerprint density at radius 2 is 2.15 bits per heavy atom. The van der Waals surface area contributed by atoms with Crippen molar-refractivity contribution in [3.63, 3.8) is 0 Å². The van der Waals surface area contributed by atoms with Crippen molar-refractivity contribution in [1.29, 1.82) is 0 Å². The first kappa shape index (κ1) is 9.39. The van der Waals surface area contributed by atoms with Gasteiger partial charge in [-0.3, -0.25) is 10.2 Å². The lowest BCUT2D eigenvalue weighted by atomic mass is 10.2. The van der Waals surface area contributed by atoms with E-state index < -0.39 is 15.4 Å². The fourth-order valence-corrected chi connectivity index (χ4v) is 3.39. The summed E-state index contributed by atoms with van der Waals surface area (Å²) in [5, 5.41) is 7.57. The minimum absolute atomic E-state index is 0.101. The summed E-state index contributed by atoms with van der Waals surface area (Å²) in [6.45, 7) is 2.67. The normalized spacial score (nSPS) is 36.1. The van der Waals surface area contributed by atoms with Crippen LogP contribution in [0.3, 0.4) is 0 Å². The van der Waals surface area contributed by atoms with Crippen molar-refractivity contribution in [2.24, 2.45) is 5.14 Å². The molecule has 2 aliphatic rings. The van der Waals surface area contributed by atoms with Gasteiger partial charge in [-0.05, 0) is 19.4 Å². The number of fused-ring (bicyclic) bond motifs is 1. The highest BCUT2D eigenvalue weighted by atomic mass is 32.2. The van der Waals surface area contributed by atoms with Crippen LogP contribution in [-0.2, 0) is 10.0 Å². The second-order valence-electron chi connectivity index (χ2n) is 3.71. The molecule has 0 radical (unpaired) electrons. The van der Waals surface area contributed by atoms with Gasteiger partial charge >= 0.3 is 0 Å². The maximum absolute atomic E-state index is 11.2. The van der Waals surface area contributed by atoms with Crippen LogP contribution in [0.4, 0.5) is 0 Å². The molecule has 76 valence electrons. The zero-order chi connectivity index (χ0) is 9.47. The molecule has 2 atom stereocenters. The molecule has 2 unspecified atom stereocenters. The summed E-state index contributed by atoms with van der Waals surface area (Å²) in [7, 11) is -3.43. The zero-order valence-electron chi connectivity index (χ0n) is 7.44. The van der Waals surface area contributed by atoms with E-state index in [1.807, 2.05) is 0 Å². The van der Waals surface area contributed by atoms with Crippen LogP contribution in [0.25, 0.3) is 0 Å². The molecule has 2 fully saturated rings. The summed E-state index contributed by atoms with van der Waals surface area (Å²) in [6.07, 6.45) is 2.02. The van der Waals surface area contributed by atoms with Crippen molar-refractivity contribution in [3.05, 3.63) is 0 Å². The van der Waals surface area contributed by atoms with E-state index in [0.29, 0.717) is 0 Å². The molecule has 0 bridgehead atoms. The molecule has 2 rings (SSSR count). The van der Waals surface area contributed by atoms with Crippen LogP contribution in [0.2, 0.25) is 0 Å². The number of rotatable bonds is 1. The van der Waals surface area contributed by atoms with E-state index in [2.05, 4.69) is 10.2 Å². The van der Waals surface area contributed by atoms with Crippen LogP contribution in [0.15, 0.2) is 0 Å². The van der Waals surface area contributed by atoms with Gasteiger partial charge in [-0.1, -0.05) is 0 Å². The lowest BCUT2D eigenvalue weighted by Gasteiger charge is -2.35. The number of piperazine rings is 1. The van der Waals surface area contributed by atoms with Gasteiger partial charge in [0.2, 0.25) is 10.0 Å². The second-order valence-corrected chi connectivity index (χ2v) is 5.40. The first-order valence-corrected chi connectivity index (χ1v) is 6.19. The monoisotopic (exact) mass is 205 g/mol. The Hall–Kier alpha value is -0.170. The average Bonchev–Trinajstić information content (AvgIpc) is 2.48. The number of sulfonamides is 1. The van der Waals surface area contributed by atoms with Crippen LogP contribution in [0.1, 0.15) is 12.8 Å². The van der Waals surface area contributed by atoms with Crippen LogP contribution < -0.4 is 10.5 Å². The minimum Gasteiger partial charge on any atom is -0.297 e. The fourth-order valence-electron chi connectivity index (χ4n) is 2.29. The summed E-state index contributed by atoms with van der Waals surface area (Å²) in [4.78, 5) is 2.21. The summed E-state index contributed by atoms with van der Waals surface area (Å²) < 4.78 is 22.4. The summed E-state index contributed by atoms with van der Waals surface area (Å²) in [5.41, 5.74) is 0. The van der Waals surface area contributed by atoms with Crippen LogP contribution in [0, 0.1) is 0 Å². The van der Waals surface area contributed by atoms with Gasteiger partial charge in [-0.25, -0.2) is 13.6 Å². The van der Waals surface area contributed by atoms with Gasteiger partial charge in [0.05, 0.1) is 0 Å². The average molecular weight is 205 g/mol. The van der Waals surface area contributed by atoms with Crippen LogP contribution in [-0.4, -0.2) is 44.4 Å². The Kier molecular flexibility index (Phi) is 2.31. The molecule has 6 heteroatoms. The highest BCUT2D eigenvalue weighted by Gasteiger charge is 2.40. The predicted octanol–water partition coefficient (Wildman–Crippen LogP) is -1.33. The second kappa shape index (κ2) is 3.20. The van der Waals surface area contributed by atoms with E-state index in [0.717, 1.165) is 32.5 Å². The number of nitrogens with one attached hydrogen (secondary N) is 1. The van der Waals surface area contributed by atoms with E-state index >= 15 is 0 Å². The fraction of sp³-hybridized carbons (Fsp3) is 1.00. The molecule has 2 heterocycles. The van der Waals surface area contributed by atoms with E-state index in [4.69, 9.17) is 5.14 Å². The lowest BCUT2D eigenvalue weighted by molar-refractivity contribution is 0.194. The van der Waals surface area contributed by atoms with Crippen LogP contribution in [0.5, 0.6) is 0 Å². The Labute approximate surface area is 78.3 Å². The van der Waals surface area contributed by atoms with E-state index in [1.54, 1.807) is 0 Å². The topological polar surface area (TPSA) is 75.4 Å². The number of hydrogen-bond donors (Lipinski definition) is 2.